The summed E-state index contributed by atoms with van der Waals surface area (Å²) in [5.74, 6) is 1.87. The summed E-state index contributed by atoms with van der Waals surface area (Å²) in [4.78, 5) is 0. The Hall–Kier alpha value is -2.68. The molecule has 31 heavy (non-hydrogen) atoms. The lowest BCUT2D eigenvalue weighted by atomic mass is 9.82. The summed E-state index contributed by atoms with van der Waals surface area (Å²) in [6, 6.07) is 8.94. The van der Waals surface area contributed by atoms with Gasteiger partial charge >= 0.3 is 0 Å². The molecule has 0 bridgehead atoms. The molecule has 3 rings (SSSR count). The first-order valence-electron chi connectivity index (χ1n) is 9.95. The minimum absolute atomic E-state index is 0.148. The van der Waals surface area contributed by atoms with Crippen LogP contribution in [0, 0.1) is 11.8 Å². The molecule has 1 heterocycles. The molecule has 0 aromatic heterocycles. The molecule has 8 nitrogen and oxygen atoms in total. The van der Waals surface area contributed by atoms with Gasteiger partial charge in [0.1, 0.15) is 0 Å². The first-order chi connectivity index (χ1) is 15.0. The van der Waals surface area contributed by atoms with Gasteiger partial charge in [0.15, 0.2) is 23.0 Å². The van der Waals surface area contributed by atoms with Crippen LogP contribution in [0.3, 0.4) is 0 Å². The maximum Gasteiger partial charge on any atom is 0.203 e. The van der Waals surface area contributed by atoms with E-state index in [1.54, 1.807) is 32.4 Å². The van der Waals surface area contributed by atoms with Gasteiger partial charge < -0.3 is 38.6 Å². The molecule has 0 radical (unpaired) electrons. The maximum absolute atomic E-state index is 11.2. The highest BCUT2D eigenvalue weighted by atomic mass is 16.5. The standard InChI is InChI=1S/C23H30O8/c1-26-17-7-6-13(8-18(17)27-2)22-15(11-24)16(12-31-22)21(25)14-9-19(28-3)23(30-5)20(10-14)29-4/h6-10,15-16,21-22,24-25H,11-12H2,1-5H3/t15-,16-,21+,22-/m1/s1. The summed E-state index contributed by atoms with van der Waals surface area (Å²) < 4.78 is 32.9. The number of aliphatic hydroxyl groups is 2. The van der Waals surface area contributed by atoms with Gasteiger partial charge in [-0.2, -0.15) is 0 Å². The number of rotatable bonds is 9. The van der Waals surface area contributed by atoms with E-state index in [0.29, 0.717) is 34.3 Å². The Kier molecular flexibility index (Phi) is 7.48. The molecule has 0 spiro atoms. The van der Waals surface area contributed by atoms with E-state index in [9.17, 15) is 10.2 Å². The molecular weight excluding hydrogens is 404 g/mol. The molecule has 0 unspecified atom stereocenters. The van der Waals surface area contributed by atoms with E-state index < -0.39 is 12.2 Å². The molecular formula is C23H30O8. The molecule has 170 valence electrons. The summed E-state index contributed by atoms with van der Waals surface area (Å²) in [6.45, 7) is 0.132. The van der Waals surface area contributed by atoms with Gasteiger partial charge in [-0.15, -0.1) is 0 Å². The highest BCUT2D eigenvalue weighted by Gasteiger charge is 2.42. The van der Waals surface area contributed by atoms with E-state index in [2.05, 4.69) is 0 Å². The topological polar surface area (TPSA) is 95.8 Å². The first kappa shape index (κ1) is 23.0. The van der Waals surface area contributed by atoms with Crippen molar-refractivity contribution in [2.45, 2.75) is 12.2 Å². The lowest BCUT2D eigenvalue weighted by Gasteiger charge is -2.26. The Balaban J connectivity index is 1.91. The minimum Gasteiger partial charge on any atom is -0.493 e. The van der Waals surface area contributed by atoms with Gasteiger partial charge in [-0.05, 0) is 35.4 Å². The third-order valence-electron chi connectivity index (χ3n) is 5.79. The monoisotopic (exact) mass is 434 g/mol. The van der Waals surface area contributed by atoms with E-state index >= 15 is 0 Å². The SMILES string of the molecule is COc1ccc([C@H]2OC[C@@H]([C@@H](O)c3cc(OC)c(OC)c(OC)c3)[C@H]2CO)cc1OC. The second kappa shape index (κ2) is 10.1. The van der Waals surface area contributed by atoms with Crippen molar-refractivity contribution < 1.29 is 38.6 Å². The zero-order chi connectivity index (χ0) is 22.5. The van der Waals surface area contributed by atoms with Crippen LogP contribution >= 0.6 is 0 Å². The third kappa shape index (κ3) is 4.37. The van der Waals surface area contributed by atoms with Crippen molar-refractivity contribution >= 4 is 0 Å². The summed E-state index contributed by atoms with van der Waals surface area (Å²) in [7, 11) is 7.71. The summed E-state index contributed by atoms with van der Waals surface area (Å²) >= 11 is 0. The highest BCUT2D eigenvalue weighted by molar-refractivity contribution is 5.54. The fourth-order valence-electron chi connectivity index (χ4n) is 4.14. The van der Waals surface area contributed by atoms with Gasteiger partial charge in [0, 0.05) is 18.4 Å². The van der Waals surface area contributed by atoms with Crippen LogP contribution in [-0.4, -0.2) is 59.0 Å². The predicted molar refractivity (Wildman–Crippen MR) is 113 cm³/mol. The van der Waals surface area contributed by atoms with Crippen molar-refractivity contribution in [3.8, 4) is 28.7 Å². The molecule has 0 aliphatic carbocycles. The molecule has 8 heteroatoms. The van der Waals surface area contributed by atoms with Crippen molar-refractivity contribution in [2.75, 3.05) is 48.8 Å². The Morgan fingerprint density at radius 1 is 0.871 bits per heavy atom. The van der Waals surface area contributed by atoms with Gasteiger partial charge in [-0.1, -0.05) is 6.07 Å². The summed E-state index contributed by atoms with van der Waals surface area (Å²) in [5, 5.41) is 21.3. The minimum atomic E-state index is -0.906. The van der Waals surface area contributed by atoms with Crippen LogP contribution in [-0.2, 0) is 4.74 Å². The number of aliphatic hydroxyl groups excluding tert-OH is 2. The van der Waals surface area contributed by atoms with E-state index in [4.69, 9.17) is 28.4 Å². The quantitative estimate of drug-likeness (QED) is 0.622. The molecule has 0 saturated carbocycles. The van der Waals surface area contributed by atoms with E-state index in [0.717, 1.165) is 5.56 Å². The summed E-state index contributed by atoms with van der Waals surface area (Å²) in [6.07, 6.45) is -1.30. The maximum atomic E-state index is 11.2. The van der Waals surface area contributed by atoms with Crippen LogP contribution in [0.4, 0.5) is 0 Å². The number of methoxy groups -OCH3 is 5. The van der Waals surface area contributed by atoms with Crippen molar-refractivity contribution in [2.24, 2.45) is 11.8 Å². The van der Waals surface area contributed by atoms with Crippen LogP contribution in [0.25, 0.3) is 0 Å². The number of benzene rings is 2. The lowest BCUT2D eigenvalue weighted by Crippen LogP contribution is -2.25. The fraction of sp³-hybridized carbons (Fsp3) is 0.478. The Morgan fingerprint density at radius 2 is 1.48 bits per heavy atom. The molecule has 1 fully saturated rings. The molecule has 1 aliphatic heterocycles. The van der Waals surface area contributed by atoms with Gasteiger partial charge in [-0.25, -0.2) is 0 Å². The molecule has 2 aromatic rings. The molecule has 1 aliphatic rings. The molecule has 1 saturated heterocycles. The van der Waals surface area contributed by atoms with Gasteiger partial charge in [-0.3, -0.25) is 0 Å². The van der Waals surface area contributed by atoms with Crippen LogP contribution in [0.5, 0.6) is 28.7 Å². The third-order valence-corrected chi connectivity index (χ3v) is 5.79. The average Bonchev–Trinajstić information content (AvgIpc) is 3.25. The number of hydrogen-bond donors (Lipinski definition) is 2. The smallest absolute Gasteiger partial charge is 0.203 e. The zero-order valence-corrected chi connectivity index (χ0v) is 18.5. The first-order valence-corrected chi connectivity index (χ1v) is 9.95. The van der Waals surface area contributed by atoms with Crippen molar-refractivity contribution in [3.63, 3.8) is 0 Å². The second-order valence-corrected chi connectivity index (χ2v) is 7.28. The predicted octanol–water partition coefficient (Wildman–Crippen LogP) is 2.76. The average molecular weight is 434 g/mol. The number of ether oxygens (including phenoxy) is 6. The second-order valence-electron chi connectivity index (χ2n) is 7.28. The Morgan fingerprint density at radius 3 is 2.00 bits per heavy atom. The largest absolute Gasteiger partial charge is 0.493 e. The highest BCUT2D eigenvalue weighted by Crippen LogP contribution is 2.47. The van der Waals surface area contributed by atoms with Crippen LogP contribution in [0.15, 0.2) is 30.3 Å². The van der Waals surface area contributed by atoms with Crippen molar-refractivity contribution in [1.82, 2.24) is 0 Å². The van der Waals surface area contributed by atoms with Crippen LogP contribution in [0.1, 0.15) is 23.3 Å². The van der Waals surface area contributed by atoms with Gasteiger partial charge in [0.05, 0.1) is 54.4 Å². The number of hydrogen-bond acceptors (Lipinski definition) is 8. The zero-order valence-electron chi connectivity index (χ0n) is 18.5. The van der Waals surface area contributed by atoms with Gasteiger partial charge in [0.2, 0.25) is 5.75 Å². The fourth-order valence-corrected chi connectivity index (χ4v) is 4.14. The lowest BCUT2D eigenvalue weighted by molar-refractivity contribution is 0.0631. The normalized spacial score (nSPS) is 21.5. The van der Waals surface area contributed by atoms with E-state index in [1.807, 2.05) is 12.1 Å². The van der Waals surface area contributed by atoms with Crippen LogP contribution < -0.4 is 23.7 Å². The Labute approximate surface area is 182 Å². The van der Waals surface area contributed by atoms with Crippen LogP contribution in [0.2, 0.25) is 0 Å². The van der Waals surface area contributed by atoms with E-state index in [-0.39, 0.29) is 25.0 Å². The molecule has 0 amide bonds. The van der Waals surface area contributed by atoms with Crippen molar-refractivity contribution in [1.29, 1.82) is 0 Å². The van der Waals surface area contributed by atoms with E-state index in [1.165, 1.54) is 21.3 Å². The molecule has 2 N–H and O–H groups in total. The van der Waals surface area contributed by atoms with Crippen molar-refractivity contribution in [3.05, 3.63) is 41.5 Å². The van der Waals surface area contributed by atoms with Gasteiger partial charge in [0.25, 0.3) is 0 Å². The molecule has 4 atom stereocenters. The molecule has 2 aromatic carbocycles. The Bertz CT molecular complexity index is 859. The summed E-state index contributed by atoms with van der Waals surface area (Å²) in [5.41, 5.74) is 1.44.